The zero-order valence-corrected chi connectivity index (χ0v) is 5.88. The molecule has 0 spiro atoms. The Morgan fingerprint density at radius 3 is 2.70 bits per heavy atom. The Bertz CT molecular complexity index is 159. The van der Waals surface area contributed by atoms with Crippen molar-refractivity contribution < 1.29 is 10.2 Å². The summed E-state index contributed by atoms with van der Waals surface area (Å²) in [6.45, 7) is 0. The minimum Gasteiger partial charge on any atom is -0.393 e. The molecule has 0 aromatic carbocycles. The van der Waals surface area contributed by atoms with E-state index in [0.717, 1.165) is 12.8 Å². The third kappa shape index (κ3) is 1.50. The van der Waals surface area contributed by atoms with Crippen molar-refractivity contribution in [1.29, 1.82) is 0 Å². The Kier molecular flexibility index (Phi) is 1.98. The van der Waals surface area contributed by atoms with Crippen LogP contribution in [0, 0.1) is 12.3 Å². The standard InChI is InChI=1S/C8H12O2/c1-2-8(10)5-3-4-7(9)6-8/h1,7,9-10H,3-6H2. The van der Waals surface area contributed by atoms with Crippen molar-refractivity contribution in [3.05, 3.63) is 0 Å². The fourth-order valence-electron chi connectivity index (χ4n) is 1.36. The van der Waals surface area contributed by atoms with Crippen molar-refractivity contribution in [3.8, 4) is 12.3 Å². The highest BCUT2D eigenvalue weighted by molar-refractivity contribution is 5.09. The summed E-state index contributed by atoms with van der Waals surface area (Å²) in [5.74, 6) is 2.31. The van der Waals surface area contributed by atoms with E-state index in [9.17, 15) is 5.11 Å². The first-order valence-corrected chi connectivity index (χ1v) is 3.54. The molecule has 0 heterocycles. The van der Waals surface area contributed by atoms with Crippen molar-refractivity contribution in [2.75, 3.05) is 0 Å². The van der Waals surface area contributed by atoms with Crippen molar-refractivity contribution >= 4 is 0 Å². The SMILES string of the molecule is C#CC1(O)CCCC(O)C1. The van der Waals surface area contributed by atoms with Crippen LogP contribution in [0.5, 0.6) is 0 Å². The molecular weight excluding hydrogens is 128 g/mol. The lowest BCUT2D eigenvalue weighted by Crippen LogP contribution is -2.35. The molecule has 0 radical (unpaired) electrons. The summed E-state index contributed by atoms with van der Waals surface area (Å²) in [7, 11) is 0. The topological polar surface area (TPSA) is 40.5 Å². The van der Waals surface area contributed by atoms with E-state index in [4.69, 9.17) is 11.5 Å². The Labute approximate surface area is 60.9 Å². The van der Waals surface area contributed by atoms with E-state index in [2.05, 4.69) is 5.92 Å². The van der Waals surface area contributed by atoms with Crippen LogP contribution in [-0.2, 0) is 0 Å². The van der Waals surface area contributed by atoms with Crippen LogP contribution in [0.15, 0.2) is 0 Å². The number of hydrogen-bond acceptors (Lipinski definition) is 2. The van der Waals surface area contributed by atoms with E-state index in [1.54, 1.807) is 0 Å². The van der Waals surface area contributed by atoms with E-state index in [1.807, 2.05) is 0 Å². The molecule has 1 rings (SSSR count). The van der Waals surface area contributed by atoms with Crippen LogP contribution in [0.25, 0.3) is 0 Å². The molecule has 2 unspecified atom stereocenters. The molecule has 0 bridgehead atoms. The Morgan fingerprint density at radius 1 is 1.60 bits per heavy atom. The number of aliphatic hydroxyl groups excluding tert-OH is 1. The first kappa shape index (κ1) is 7.59. The van der Waals surface area contributed by atoms with Crippen molar-refractivity contribution in [2.24, 2.45) is 0 Å². The lowest BCUT2D eigenvalue weighted by atomic mass is 9.84. The van der Waals surface area contributed by atoms with Gasteiger partial charge in [0.15, 0.2) is 0 Å². The monoisotopic (exact) mass is 140 g/mol. The molecule has 1 aliphatic carbocycles. The maximum atomic E-state index is 9.45. The Balaban J connectivity index is 2.56. The quantitative estimate of drug-likeness (QED) is 0.475. The molecule has 2 heteroatoms. The molecule has 1 aliphatic rings. The fourth-order valence-corrected chi connectivity index (χ4v) is 1.36. The average Bonchev–Trinajstić information content (AvgIpc) is 1.88. The van der Waals surface area contributed by atoms with E-state index in [1.165, 1.54) is 0 Å². The molecule has 0 amide bonds. The van der Waals surface area contributed by atoms with Crippen LogP contribution >= 0.6 is 0 Å². The molecular formula is C8H12O2. The van der Waals surface area contributed by atoms with Gasteiger partial charge in [-0.1, -0.05) is 5.92 Å². The van der Waals surface area contributed by atoms with E-state index in [-0.39, 0.29) is 0 Å². The third-order valence-corrected chi connectivity index (χ3v) is 1.97. The van der Waals surface area contributed by atoms with Gasteiger partial charge < -0.3 is 10.2 Å². The van der Waals surface area contributed by atoms with Gasteiger partial charge in [0.1, 0.15) is 5.60 Å². The summed E-state index contributed by atoms with van der Waals surface area (Å²) in [5, 5.41) is 18.6. The van der Waals surface area contributed by atoms with Gasteiger partial charge in [-0.05, 0) is 19.3 Å². The predicted molar refractivity (Wildman–Crippen MR) is 38.3 cm³/mol. The Morgan fingerprint density at radius 2 is 2.30 bits per heavy atom. The second-order valence-electron chi connectivity index (χ2n) is 2.93. The summed E-state index contributed by atoms with van der Waals surface area (Å²) < 4.78 is 0. The van der Waals surface area contributed by atoms with E-state index >= 15 is 0 Å². The molecule has 2 nitrogen and oxygen atoms in total. The van der Waals surface area contributed by atoms with Gasteiger partial charge in [0.25, 0.3) is 0 Å². The van der Waals surface area contributed by atoms with Crippen LogP contribution in [-0.4, -0.2) is 21.9 Å². The van der Waals surface area contributed by atoms with Crippen LogP contribution in [0.1, 0.15) is 25.7 Å². The van der Waals surface area contributed by atoms with Gasteiger partial charge in [-0.3, -0.25) is 0 Å². The first-order valence-electron chi connectivity index (χ1n) is 3.54. The zero-order valence-electron chi connectivity index (χ0n) is 5.88. The summed E-state index contributed by atoms with van der Waals surface area (Å²) in [5.41, 5.74) is -1.03. The molecule has 10 heavy (non-hydrogen) atoms. The van der Waals surface area contributed by atoms with Crippen LogP contribution < -0.4 is 0 Å². The molecule has 56 valence electrons. The summed E-state index contributed by atoms with van der Waals surface area (Å²) in [6, 6.07) is 0. The molecule has 1 fully saturated rings. The van der Waals surface area contributed by atoms with Crippen molar-refractivity contribution in [2.45, 2.75) is 37.4 Å². The van der Waals surface area contributed by atoms with Gasteiger partial charge in [0.2, 0.25) is 0 Å². The van der Waals surface area contributed by atoms with Gasteiger partial charge in [0.05, 0.1) is 6.10 Å². The number of rotatable bonds is 0. The number of hydrogen-bond donors (Lipinski definition) is 2. The average molecular weight is 140 g/mol. The summed E-state index contributed by atoms with van der Waals surface area (Å²) >= 11 is 0. The number of terminal acetylenes is 1. The maximum absolute atomic E-state index is 9.45. The lowest BCUT2D eigenvalue weighted by molar-refractivity contribution is -0.00381. The van der Waals surface area contributed by atoms with Gasteiger partial charge in [-0.15, -0.1) is 6.42 Å². The molecule has 1 saturated carbocycles. The molecule has 0 aromatic heterocycles. The second-order valence-corrected chi connectivity index (χ2v) is 2.93. The van der Waals surface area contributed by atoms with Gasteiger partial charge in [-0.2, -0.15) is 0 Å². The maximum Gasteiger partial charge on any atom is 0.127 e. The molecule has 0 saturated heterocycles. The first-order chi connectivity index (χ1) is 4.66. The highest BCUT2D eigenvalue weighted by atomic mass is 16.3. The highest BCUT2D eigenvalue weighted by Gasteiger charge is 2.31. The fraction of sp³-hybridized carbons (Fsp3) is 0.750. The summed E-state index contributed by atoms with van der Waals surface area (Å²) in [4.78, 5) is 0. The molecule has 2 N–H and O–H groups in total. The van der Waals surface area contributed by atoms with Gasteiger partial charge in [0, 0.05) is 6.42 Å². The lowest BCUT2D eigenvalue weighted by Gasteiger charge is -2.29. The predicted octanol–water partition coefficient (Wildman–Crippen LogP) is 0.286. The van der Waals surface area contributed by atoms with E-state index < -0.39 is 11.7 Å². The van der Waals surface area contributed by atoms with Crippen molar-refractivity contribution in [3.63, 3.8) is 0 Å². The van der Waals surface area contributed by atoms with E-state index in [0.29, 0.717) is 12.8 Å². The smallest absolute Gasteiger partial charge is 0.127 e. The zero-order chi connectivity index (χ0) is 7.61. The van der Waals surface area contributed by atoms with Gasteiger partial charge in [-0.25, -0.2) is 0 Å². The normalized spacial score (nSPS) is 40.7. The molecule has 0 aliphatic heterocycles. The van der Waals surface area contributed by atoms with Gasteiger partial charge >= 0.3 is 0 Å². The van der Waals surface area contributed by atoms with Crippen molar-refractivity contribution in [1.82, 2.24) is 0 Å². The minimum atomic E-state index is -1.03. The van der Waals surface area contributed by atoms with Crippen LogP contribution in [0.3, 0.4) is 0 Å². The van der Waals surface area contributed by atoms with Crippen LogP contribution in [0.4, 0.5) is 0 Å². The highest BCUT2D eigenvalue weighted by Crippen LogP contribution is 2.27. The number of aliphatic hydroxyl groups is 2. The third-order valence-electron chi connectivity index (χ3n) is 1.97. The second kappa shape index (κ2) is 2.61. The van der Waals surface area contributed by atoms with Crippen LogP contribution in [0.2, 0.25) is 0 Å². The molecule has 2 atom stereocenters. The largest absolute Gasteiger partial charge is 0.393 e. The molecule has 0 aromatic rings. The summed E-state index contributed by atoms with van der Waals surface area (Å²) in [6.07, 6.45) is 7.23. The Hall–Kier alpha value is -0.520. The minimum absolute atomic E-state index is 0.337.